The number of carbonyl (C=O) groups excluding carboxylic acids is 1. The van der Waals surface area contributed by atoms with E-state index in [0.717, 1.165) is 12.3 Å². The van der Waals surface area contributed by atoms with Crippen molar-refractivity contribution in [3.8, 4) is 0 Å². The van der Waals surface area contributed by atoms with Gasteiger partial charge in [-0.3, -0.25) is 0 Å². The summed E-state index contributed by atoms with van der Waals surface area (Å²) in [6, 6.07) is 0. The van der Waals surface area contributed by atoms with Crippen LogP contribution in [0.5, 0.6) is 0 Å². The Bertz CT molecular complexity index is 303. The molecule has 0 fully saturated rings. The van der Waals surface area contributed by atoms with Gasteiger partial charge in [0, 0.05) is 6.08 Å². The highest BCUT2D eigenvalue weighted by molar-refractivity contribution is 5.82. The average Bonchev–Trinajstić information content (AvgIpc) is 2.50. The molecule has 2 nitrogen and oxygen atoms in total. The maximum Gasteiger partial charge on any atom is 0.330 e. The Balaban J connectivity index is 3.19. The summed E-state index contributed by atoms with van der Waals surface area (Å²) in [5.41, 5.74) is 0. The predicted molar refractivity (Wildman–Crippen MR) is 95.9 cm³/mol. The second kappa shape index (κ2) is 16.3. The van der Waals surface area contributed by atoms with E-state index < -0.39 is 0 Å². The van der Waals surface area contributed by atoms with Crippen LogP contribution < -0.4 is 0 Å². The minimum atomic E-state index is -0.297. The van der Waals surface area contributed by atoms with E-state index in [2.05, 4.69) is 24.7 Å². The number of methoxy groups -OCH3 is 1. The zero-order valence-electron chi connectivity index (χ0n) is 15.0. The molecule has 0 saturated heterocycles. The first kappa shape index (κ1) is 20.9. The Labute approximate surface area is 138 Å². The Hall–Kier alpha value is -1.05. The van der Waals surface area contributed by atoms with Crippen LogP contribution in [-0.2, 0) is 9.53 Å². The first-order valence-corrected chi connectivity index (χ1v) is 9.08. The van der Waals surface area contributed by atoms with Gasteiger partial charge in [0.15, 0.2) is 0 Å². The number of unbranched alkanes of at least 4 members (excludes halogenated alkanes) is 9. The van der Waals surface area contributed by atoms with E-state index in [1.807, 2.05) is 6.08 Å². The second-order valence-electron chi connectivity index (χ2n) is 6.46. The molecule has 0 heterocycles. The van der Waals surface area contributed by atoms with Gasteiger partial charge in [0.05, 0.1) is 7.11 Å². The van der Waals surface area contributed by atoms with Crippen LogP contribution in [0, 0.1) is 5.92 Å². The topological polar surface area (TPSA) is 26.3 Å². The summed E-state index contributed by atoms with van der Waals surface area (Å²) in [5, 5.41) is 0. The molecule has 0 N–H and O–H groups in total. The molecular weight excluding hydrogens is 272 g/mol. The van der Waals surface area contributed by atoms with Crippen molar-refractivity contribution < 1.29 is 9.53 Å². The lowest BCUT2D eigenvalue weighted by Crippen LogP contribution is -1.92. The lowest BCUT2D eigenvalue weighted by atomic mass is 10.0. The van der Waals surface area contributed by atoms with Gasteiger partial charge in [-0.25, -0.2) is 4.79 Å². The van der Waals surface area contributed by atoms with Crippen LogP contribution in [0.25, 0.3) is 0 Å². The van der Waals surface area contributed by atoms with Crippen LogP contribution in [-0.4, -0.2) is 13.1 Å². The zero-order chi connectivity index (χ0) is 16.5. The monoisotopic (exact) mass is 308 g/mol. The standard InChI is InChI=1S/C20H36O2/c1-19(2)17-15-13-11-9-7-5-4-6-8-10-12-14-16-18-20(21)22-3/h12,14,16,18-19H,4-11,13,15,17H2,1-3H3. The van der Waals surface area contributed by atoms with Gasteiger partial charge >= 0.3 is 5.97 Å². The highest BCUT2D eigenvalue weighted by Gasteiger charge is 1.95. The van der Waals surface area contributed by atoms with Gasteiger partial charge in [-0.1, -0.05) is 89.9 Å². The molecule has 0 aliphatic carbocycles. The van der Waals surface area contributed by atoms with E-state index in [1.54, 1.807) is 6.08 Å². The van der Waals surface area contributed by atoms with E-state index in [-0.39, 0.29) is 5.97 Å². The van der Waals surface area contributed by atoms with Crippen LogP contribution in [0.2, 0.25) is 0 Å². The average molecular weight is 309 g/mol. The molecule has 0 aliphatic rings. The molecule has 22 heavy (non-hydrogen) atoms. The third-order valence-electron chi connectivity index (χ3n) is 3.83. The number of esters is 1. The quantitative estimate of drug-likeness (QED) is 0.165. The normalized spacial score (nSPS) is 11.8. The molecule has 0 rings (SSSR count). The third kappa shape index (κ3) is 17.0. The number of rotatable bonds is 14. The molecule has 2 heteroatoms. The van der Waals surface area contributed by atoms with Crippen molar-refractivity contribution in [3.05, 3.63) is 24.3 Å². The van der Waals surface area contributed by atoms with Gasteiger partial charge in [0.1, 0.15) is 0 Å². The Morgan fingerprint density at radius 3 is 1.95 bits per heavy atom. The molecule has 0 radical (unpaired) electrons. The van der Waals surface area contributed by atoms with Crippen LogP contribution in [0.4, 0.5) is 0 Å². The summed E-state index contributed by atoms with van der Waals surface area (Å²) < 4.78 is 4.51. The minimum Gasteiger partial charge on any atom is -0.466 e. The number of ether oxygens (including phenoxy) is 1. The molecule has 0 saturated carbocycles. The van der Waals surface area contributed by atoms with Crippen LogP contribution in [0.15, 0.2) is 24.3 Å². The van der Waals surface area contributed by atoms with Crippen LogP contribution in [0.3, 0.4) is 0 Å². The second-order valence-corrected chi connectivity index (χ2v) is 6.46. The smallest absolute Gasteiger partial charge is 0.330 e. The Morgan fingerprint density at radius 2 is 1.41 bits per heavy atom. The molecule has 0 spiro atoms. The van der Waals surface area contributed by atoms with Crippen molar-refractivity contribution in [3.63, 3.8) is 0 Å². The molecule has 0 unspecified atom stereocenters. The van der Waals surface area contributed by atoms with E-state index in [1.165, 1.54) is 77.4 Å². The van der Waals surface area contributed by atoms with Crippen molar-refractivity contribution in [2.75, 3.05) is 7.11 Å². The molecule has 0 bridgehead atoms. The van der Waals surface area contributed by atoms with Crippen LogP contribution in [0.1, 0.15) is 84.5 Å². The maximum absolute atomic E-state index is 10.8. The largest absolute Gasteiger partial charge is 0.466 e. The van der Waals surface area contributed by atoms with Gasteiger partial charge in [0.2, 0.25) is 0 Å². The van der Waals surface area contributed by atoms with E-state index in [0.29, 0.717) is 0 Å². The molecule has 0 aromatic rings. The molecule has 128 valence electrons. The lowest BCUT2D eigenvalue weighted by Gasteiger charge is -2.04. The summed E-state index contributed by atoms with van der Waals surface area (Å²) in [4.78, 5) is 10.8. The fraction of sp³-hybridized carbons (Fsp3) is 0.750. The van der Waals surface area contributed by atoms with Gasteiger partial charge in [0.25, 0.3) is 0 Å². The Kier molecular flexibility index (Phi) is 15.5. The third-order valence-corrected chi connectivity index (χ3v) is 3.83. The summed E-state index contributed by atoms with van der Waals surface area (Å²) in [7, 11) is 1.39. The van der Waals surface area contributed by atoms with Crippen molar-refractivity contribution >= 4 is 5.97 Å². The summed E-state index contributed by atoms with van der Waals surface area (Å²) >= 11 is 0. The molecule has 0 aromatic heterocycles. The van der Waals surface area contributed by atoms with E-state index in [4.69, 9.17) is 0 Å². The maximum atomic E-state index is 10.8. The van der Waals surface area contributed by atoms with Gasteiger partial charge in [-0.15, -0.1) is 0 Å². The van der Waals surface area contributed by atoms with Crippen molar-refractivity contribution in [2.24, 2.45) is 5.92 Å². The Morgan fingerprint density at radius 1 is 0.864 bits per heavy atom. The number of hydrogen-bond acceptors (Lipinski definition) is 2. The van der Waals surface area contributed by atoms with Crippen LogP contribution >= 0.6 is 0 Å². The molecule has 0 aliphatic heterocycles. The molecule has 0 aromatic carbocycles. The predicted octanol–water partition coefficient (Wildman–Crippen LogP) is 6.22. The summed E-state index contributed by atoms with van der Waals surface area (Å²) in [6.07, 6.45) is 22.1. The van der Waals surface area contributed by atoms with Crippen molar-refractivity contribution in [1.82, 2.24) is 0 Å². The fourth-order valence-corrected chi connectivity index (χ4v) is 2.43. The number of carbonyl (C=O) groups is 1. The summed E-state index contributed by atoms with van der Waals surface area (Å²) in [5.74, 6) is 0.568. The van der Waals surface area contributed by atoms with Crippen molar-refractivity contribution in [2.45, 2.75) is 84.5 Å². The number of hydrogen-bond donors (Lipinski definition) is 0. The minimum absolute atomic E-state index is 0.297. The van der Waals surface area contributed by atoms with Gasteiger partial charge in [-0.05, 0) is 18.8 Å². The number of allylic oxidation sites excluding steroid dienone is 3. The highest BCUT2D eigenvalue weighted by Crippen LogP contribution is 2.13. The molecule has 0 amide bonds. The highest BCUT2D eigenvalue weighted by atomic mass is 16.5. The lowest BCUT2D eigenvalue weighted by molar-refractivity contribution is -0.134. The zero-order valence-corrected chi connectivity index (χ0v) is 15.0. The first-order valence-electron chi connectivity index (χ1n) is 9.08. The fourth-order valence-electron chi connectivity index (χ4n) is 2.43. The molecule has 0 atom stereocenters. The van der Waals surface area contributed by atoms with Gasteiger partial charge < -0.3 is 4.74 Å². The first-order chi connectivity index (χ1) is 10.7. The van der Waals surface area contributed by atoms with E-state index >= 15 is 0 Å². The SMILES string of the molecule is COC(=O)C=CC=CCCCCCCCCCCCC(C)C. The summed E-state index contributed by atoms with van der Waals surface area (Å²) in [6.45, 7) is 4.62. The molecular formula is C20H36O2. The van der Waals surface area contributed by atoms with Crippen molar-refractivity contribution in [1.29, 1.82) is 0 Å². The van der Waals surface area contributed by atoms with E-state index in [9.17, 15) is 4.79 Å². The van der Waals surface area contributed by atoms with Gasteiger partial charge in [-0.2, -0.15) is 0 Å².